The third-order valence-corrected chi connectivity index (χ3v) is 6.89. The first-order chi connectivity index (χ1) is 12.2. The lowest BCUT2D eigenvalue weighted by atomic mass is 10.1. The van der Waals surface area contributed by atoms with Gasteiger partial charge in [0.2, 0.25) is 11.8 Å². The highest BCUT2D eigenvalue weighted by Crippen LogP contribution is 2.39. The van der Waals surface area contributed by atoms with Crippen molar-refractivity contribution >= 4 is 39.1 Å². The van der Waals surface area contributed by atoms with Crippen molar-refractivity contribution in [1.29, 1.82) is 0 Å². The van der Waals surface area contributed by atoms with E-state index in [9.17, 15) is 9.59 Å². The maximum Gasteiger partial charge on any atom is 0.250 e. The Labute approximate surface area is 157 Å². The number of anilines is 1. The smallest absolute Gasteiger partial charge is 0.250 e. The minimum absolute atomic E-state index is 0.0268. The molecular weight excluding hydrogens is 356 g/mol. The molecule has 2 N–H and O–H groups in total. The monoisotopic (exact) mass is 382 g/mol. The Morgan fingerprint density at radius 2 is 2.16 bits per heavy atom. The van der Waals surface area contributed by atoms with Gasteiger partial charge >= 0.3 is 0 Å². The molecule has 5 nitrogen and oxygen atoms in total. The van der Waals surface area contributed by atoms with Crippen LogP contribution in [0.15, 0.2) is 24.3 Å². The molecule has 1 aromatic carbocycles. The Hall–Kier alpha value is -1.18. The molecule has 138 valence electrons. The number of methoxy groups -OCH3 is 1. The van der Waals surface area contributed by atoms with E-state index in [0.717, 1.165) is 23.7 Å². The molecule has 1 unspecified atom stereocenters. The Morgan fingerprint density at radius 1 is 1.28 bits per heavy atom. The fourth-order valence-corrected chi connectivity index (χ4v) is 5.63. The summed E-state index contributed by atoms with van der Waals surface area (Å²) < 4.78 is 4.79. The molecule has 2 amide bonds. The van der Waals surface area contributed by atoms with Gasteiger partial charge in [-0.2, -0.15) is 0 Å². The number of ether oxygens (including phenoxy) is 1. The summed E-state index contributed by atoms with van der Waals surface area (Å²) in [4.78, 5) is 23.5. The Morgan fingerprint density at radius 3 is 2.92 bits per heavy atom. The average Bonchev–Trinajstić information content (AvgIpc) is 3.11. The van der Waals surface area contributed by atoms with Crippen molar-refractivity contribution in [2.75, 3.05) is 24.8 Å². The van der Waals surface area contributed by atoms with E-state index >= 15 is 0 Å². The number of hydrogen-bond acceptors (Lipinski definition) is 5. The van der Waals surface area contributed by atoms with Crippen molar-refractivity contribution < 1.29 is 14.3 Å². The summed E-state index contributed by atoms with van der Waals surface area (Å²) in [5, 5.41) is 6.49. The Balaban J connectivity index is 1.64. The number of hydrogen-bond donors (Lipinski definition) is 2. The SMILES string of the molecule is COCC(=O)Nc1cccc(CNC(=O)CCCCC2CCSS2)c1. The van der Waals surface area contributed by atoms with Crippen molar-refractivity contribution in [2.45, 2.75) is 43.9 Å². The molecule has 1 saturated heterocycles. The number of rotatable bonds is 10. The predicted octanol–water partition coefficient (Wildman–Crippen LogP) is 3.60. The summed E-state index contributed by atoms with van der Waals surface area (Å²) in [6.07, 6.45) is 5.16. The van der Waals surface area contributed by atoms with E-state index in [0.29, 0.717) is 18.7 Å². The van der Waals surface area contributed by atoms with Crippen LogP contribution in [0.25, 0.3) is 0 Å². The first-order valence-electron chi connectivity index (χ1n) is 8.60. The molecule has 1 heterocycles. The molecule has 2 rings (SSSR count). The van der Waals surface area contributed by atoms with Gasteiger partial charge < -0.3 is 15.4 Å². The van der Waals surface area contributed by atoms with Gasteiger partial charge in [-0.3, -0.25) is 9.59 Å². The number of unbranched alkanes of at least 4 members (excludes halogenated alkanes) is 1. The highest BCUT2D eigenvalue weighted by Gasteiger charge is 2.15. The van der Waals surface area contributed by atoms with Crippen molar-refractivity contribution in [1.82, 2.24) is 5.32 Å². The van der Waals surface area contributed by atoms with Crippen LogP contribution in [-0.4, -0.2) is 36.5 Å². The highest BCUT2D eigenvalue weighted by atomic mass is 33.1. The quantitative estimate of drug-likeness (QED) is 0.478. The normalized spacial score (nSPS) is 16.6. The second-order valence-corrected chi connectivity index (χ2v) is 8.82. The van der Waals surface area contributed by atoms with Gasteiger partial charge in [0.25, 0.3) is 0 Å². The second kappa shape index (κ2) is 11.4. The molecule has 0 spiro atoms. The molecule has 0 radical (unpaired) electrons. The van der Waals surface area contributed by atoms with Crippen molar-refractivity contribution in [3.63, 3.8) is 0 Å². The molecule has 1 aliphatic rings. The van der Waals surface area contributed by atoms with E-state index in [1.165, 1.54) is 25.7 Å². The van der Waals surface area contributed by atoms with Gasteiger partial charge in [-0.25, -0.2) is 0 Å². The summed E-state index contributed by atoms with van der Waals surface area (Å²) in [6, 6.07) is 7.48. The zero-order chi connectivity index (χ0) is 17.9. The molecular formula is C18H26N2O3S2. The minimum atomic E-state index is -0.192. The van der Waals surface area contributed by atoms with Crippen LogP contribution in [0.1, 0.15) is 37.7 Å². The molecule has 25 heavy (non-hydrogen) atoms. The van der Waals surface area contributed by atoms with E-state index in [1.54, 1.807) is 0 Å². The molecule has 0 saturated carbocycles. The first kappa shape index (κ1) is 20.1. The van der Waals surface area contributed by atoms with Crippen molar-refractivity contribution in [2.24, 2.45) is 0 Å². The van der Waals surface area contributed by atoms with Crippen LogP contribution >= 0.6 is 21.6 Å². The van der Waals surface area contributed by atoms with E-state index in [-0.39, 0.29) is 18.4 Å². The maximum absolute atomic E-state index is 12.0. The lowest BCUT2D eigenvalue weighted by Gasteiger charge is -2.09. The van der Waals surface area contributed by atoms with Crippen LogP contribution < -0.4 is 10.6 Å². The number of amides is 2. The molecule has 1 atom stereocenters. The summed E-state index contributed by atoms with van der Waals surface area (Å²) in [5.74, 6) is 1.16. The molecule has 0 aliphatic carbocycles. The van der Waals surface area contributed by atoms with Crippen LogP contribution in [-0.2, 0) is 20.9 Å². The van der Waals surface area contributed by atoms with Gasteiger partial charge in [0.15, 0.2) is 0 Å². The van der Waals surface area contributed by atoms with Gasteiger partial charge in [-0.05, 0) is 37.0 Å². The van der Waals surface area contributed by atoms with Crippen LogP contribution in [0.2, 0.25) is 0 Å². The number of nitrogens with one attached hydrogen (secondary N) is 2. The number of carbonyl (C=O) groups excluding carboxylic acids is 2. The third-order valence-electron chi connectivity index (χ3n) is 3.88. The number of carbonyl (C=O) groups is 2. The van der Waals surface area contributed by atoms with E-state index in [1.807, 2.05) is 45.9 Å². The molecule has 0 aromatic heterocycles. The van der Waals surface area contributed by atoms with Crippen LogP contribution in [0.4, 0.5) is 5.69 Å². The van der Waals surface area contributed by atoms with E-state index in [2.05, 4.69) is 10.6 Å². The maximum atomic E-state index is 12.0. The van der Waals surface area contributed by atoms with Crippen molar-refractivity contribution in [3.8, 4) is 0 Å². The average molecular weight is 383 g/mol. The Kier molecular flexibility index (Phi) is 9.21. The van der Waals surface area contributed by atoms with E-state index < -0.39 is 0 Å². The summed E-state index contributed by atoms with van der Waals surface area (Å²) in [7, 11) is 5.44. The summed E-state index contributed by atoms with van der Waals surface area (Å²) in [5.41, 5.74) is 1.67. The molecule has 1 aliphatic heterocycles. The van der Waals surface area contributed by atoms with Crippen molar-refractivity contribution in [3.05, 3.63) is 29.8 Å². The van der Waals surface area contributed by atoms with E-state index in [4.69, 9.17) is 4.74 Å². The summed E-state index contributed by atoms with van der Waals surface area (Å²) >= 11 is 0. The topological polar surface area (TPSA) is 67.4 Å². The minimum Gasteiger partial charge on any atom is -0.375 e. The largest absolute Gasteiger partial charge is 0.375 e. The standard InChI is InChI=1S/C18H26N2O3S2/c1-23-13-18(22)20-15-6-4-5-14(11-15)12-19-17(21)8-3-2-7-16-9-10-24-25-16/h4-6,11,16H,2-3,7-10,12-13H2,1H3,(H,19,21)(H,20,22). The fraction of sp³-hybridized carbons (Fsp3) is 0.556. The van der Waals surface area contributed by atoms with Gasteiger partial charge in [-0.1, -0.05) is 40.1 Å². The van der Waals surface area contributed by atoms with Gasteiger partial charge in [0.1, 0.15) is 6.61 Å². The first-order valence-corrected chi connectivity index (χ1v) is 11.0. The lowest BCUT2D eigenvalue weighted by molar-refractivity contribution is -0.121. The van der Waals surface area contributed by atoms with Crippen LogP contribution in [0.3, 0.4) is 0 Å². The Bertz CT molecular complexity index is 563. The van der Waals surface area contributed by atoms with Gasteiger partial charge in [0, 0.05) is 36.8 Å². The van der Waals surface area contributed by atoms with Gasteiger partial charge in [0.05, 0.1) is 0 Å². The predicted molar refractivity (Wildman–Crippen MR) is 106 cm³/mol. The molecule has 7 heteroatoms. The zero-order valence-electron chi connectivity index (χ0n) is 14.6. The van der Waals surface area contributed by atoms with Gasteiger partial charge in [-0.15, -0.1) is 0 Å². The lowest BCUT2D eigenvalue weighted by Crippen LogP contribution is -2.22. The molecule has 1 fully saturated rings. The molecule has 0 bridgehead atoms. The number of benzene rings is 1. The van der Waals surface area contributed by atoms with Crippen LogP contribution in [0.5, 0.6) is 0 Å². The summed E-state index contributed by atoms with van der Waals surface area (Å²) in [6.45, 7) is 0.501. The van der Waals surface area contributed by atoms with Crippen LogP contribution in [0, 0.1) is 0 Å². The fourth-order valence-electron chi connectivity index (χ4n) is 2.60. The molecule has 1 aromatic rings. The zero-order valence-corrected chi connectivity index (χ0v) is 16.2. The second-order valence-electron chi connectivity index (χ2n) is 6.03. The third kappa shape index (κ3) is 8.16. The highest BCUT2D eigenvalue weighted by molar-refractivity contribution is 8.77.